The van der Waals surface area contributed by atoms with Gasteiger partial charge in [0.2, 0.25) is 0 Å². The molecule has 1 aliphatic heterocycles. The van der Waals surface area contributed by atoms with Crippen LogP contribution in [0.25, 0.3) is 0 Å². The molecule has 4 heteroatoms. The van der Waals surface area contributed by atoms with E-state index < -0.39 is 0 Å². The van der Waals surface area contributed by atoms with Crippen LogP contribution in [0.3, 0.4) is 0 Å². The molecule has 0 spiro atoms. The first kappa shape index (κ1) is 11.5. The number of rotatable bonds is 3. The molecule has 0 amide bonds. The molecule has 1 heterocycles. The average Bonchev–Trinajstić information content (AvgIpc) is 2.79. The van der Waals surface area contributed by atoms with E-state index in [-0.39, 0.29) is 5.97 Å². The van der Waals surface area contributed by atoms with Gasteiger partial charge in [-0.2, -0.15) is 0 Å². The van der Waals surface area contributed by atoms with Gasteiger partial charge in [0.1, 0.15) is 0 Å². The van der Waals surface area contributed by atoms with Gasteiger partial charge < -0.3 is 9.47 Å². The number of benzene rings is 1. The van der Waals surface area contributed by atoms with Gasteiger partial charge in [0.15, 0.2) is 0 Å². The number of carbonyl (C=O) groups excluding carboxylic acids is 1. The molecule has 1 atom stereocenters. The van der Waals surface area contributed by atoms with Crippen molar-refractivity contribution in [3.05, 3.63) is 29.8 Å². The lowest BCUT2D eigenvalue weighted by atomic mass is 10.1. The minimum absolute atomic E-state index is 0.308. The molecule has 1 aromatic carbocycles. The maximum absolute atomic E-state index is 11.7. The van der Waals surface area contributed by atoms with Gasteiger partial charge in [-0.1, -0.05) is 12.1 Å². The molecule has 0 aliphatic carbocycles. The van der Waals surface area contributed by atoms with Gasteiger partial charge >= 0.3 is 5.97 Å². The van der Waals surface area contributed by atoms with Crippen molar-refractivity contribution >= 4 is 18.6 Å². The number of thiol groups is 1. The Morgan fingerprint density at radius 3 is 3.00 bits per heavy atom. The number of ether oxygens (including phenoxy) is 2. The van der Waals surface area contributed by atoms with Crippen LogP contribution >= 0.6 is 12.6 Å². The second-order valence-electron chi connectivity index (χ2n) is 3.85. The summed E-state index contributed by atoms with van der Waals surface area (Å²) >= 11 is 4.21. The Labute approximate surface area is 100 Å². The highest BCUT2D eigenvalue weighted by atomic mass is 32.1. The summed E-state index contributed by atoms with van der Waals surface area (Å²) in [6, 6.07) is 7.13. The first-order valence-electron chi connectivity index (χ1n) is 5.30. The zero-order valence-corrected chi connectivity index (χ0v) is 9.78. The zero-order chi connectivity index (χ0) is 11.4. The third-order valence-electron chi connectivity index (χ3n) is 2.60. The SMILES string of the molecule is O=C(OCC1CCOC1)c1ccccc1S. The standard InChI is InChI=1S/C12H14O3S/c13-12(10-3-1-2-4-11(10)16)15-8-9-5-6-14-7-9/h1-4,9,16H,5-8H2. The van der Waals surface area contributed by atoms with Crippen LogP contribution in [0.4, 0.5) is 0 Å². The molecule has 86 valence electrons. The number of carbonyl (C=O) groups is 1. The van der Waals surface area contributed by atoms with Crippen LogP contribution in [0.2, 0.25) is 0 Å². The van der Waals surface area contributed by atoms with Gasteiger partial charge in [-0.25, -0.2) is 4.79 Å². The predicted molar refractivity (Wildman–Crippen MR) is 62.9 cm³/mol. The van der Waals surface area contributed by atoms with Crippen LogP contribution in [0.15, 0.2) is 29.2 Å². The maximum Gasteiger partial charge on any atom is 0.339 e. The third-order valence-corrected chi connectivity index (χ3v) is 2.99. The lowest BCUT2D eigenvalue weighted by molar-refractivity contribution is 0.0424. The summed E-state index contributed by atoms with van der Waals surface area (Å²) in [7, 11) is 0. The molecule has 3 nitrogen and oxygen atoms in total. The normalized spacial score (nSPS) is 19.7. The molecule has 2 rings (SSSR count). The summed E-state index contributed by atoms with van der Waals surface area (Å²) in [5.74, 6) is 0.0357. The Balaban J connectivity index is 1.90. The van der Waals surface area contributed by atoms with Gasteiger partial charge in [0, 0.05) is 17.4 Å². The fraction of sp³-hybridized carbons (Fsp3) is 0.417. The van der Waals surface area contributed by atoms with E-state index in [2.05, 4.69) is 12.6 Å². The van der Waals surface area contributed by atoms with Gasteiger partial charge in [0.25, 0.3) is 0 Å². The van der Waals surface area contributed by atoms with Gasteiger partial charge in [-0.15, -0.1) is 12.6 Å². The molecule has 0 saturated carbocycles. The van der Waals surface area contributed by atoms with Crippen LogP contribution in [0.5, 0.6) is 0 Å². The highest BCUT2D eigenvalue weighted by molar-refractivity contribution is 7.80. The number of esters is 1. The van der Waals surface area contributed by atoms with E-state index in [4.69, 9.17) is 9.47 Å². The highest BCUT2D eigenvalue weighted by Gasteiger charge is 2.18. The fourth-order valence-corrected chi connectivity index (χ4v) is 1.88. The second-order valence-corrected chi connectivity index (χ2v) is 4.33. The molecule has 0 bridgehead atoms. The van der Waals surface area contributed by atoms with E-state index in [0.717, 1.165) is 13.0 Å². The molecule has 1 saturated heterocycles. The van der Waals surface area contributed by atoms with Gasteiger partial charge in [-0.3, -0.25) is 0 Å². The van der Waals surface area contributed by atoms with Crippen LogP contribution in [0.1, 0.15) is 16.8 Å². The van der Waals surface area contributed by atoms with Crippen molar-refractivity contribution in [1.82, 2.24) is 0 Å². The lowest BCUT2D eigenvalue weighted by Gasteiger charge is -2.09. The van der Waals surface area contributed by atoms with E-state index >= 15 is 0 Å². The van der Waals surface area contributed by atoms with E-state index in [1.54, 1.807) is 18.2 Å². The minimum Gasteiger partial charge on any atom is -0.462 e. The van der Waals surface area contributed by atoms with Crippen LogP contribution < -0.4 is 0 Å². The Hall–Kier alpha value is -1.00. The molecule has 0 radical (unpaired) electrons. The van der Waals surface area contributed by atoms with Gasteiger partial charge in [-0.05, 0) is 18.6 Å². The van der Waals surface area contributed by atoms with E-state index in [9.17, 15) is 4.79 Å². The van der Waals surface area contributed by atoms with Crippen molar-refractivity contribution in [2.75, 3.05) is 19.8 Å². The van der Waals surface area contributed by atoms with Crippen molar-refractivity contribution in [2.24, 2.45) is 5.92 Å². The molecular formula is C12H14O3S. The fourth-order valence-electron chi connectivity index (χ4n) is 1.63. The van der Waals surface area contributed by atoms with Crippen molar-refractivity contribution in [1.29, 1.82) is 0 Å². The zero-order valence-electron chi connectivity index (χ0n) is 8.89. The smallest absolute Gasteiger partial charge is 0.339 e. The Morgan fingerprint density at radius 2 is 2.31 bits per heavy atom. The predicted octanol–water partition coefficient (Wildman–Crippen LogP) is 2.17. The summed E-state index contributed by atoms with van der Waals surface area (Å²) < 4.78 is 10.4. The van der Waals surface area contributed by atoms with E-state index in [1.807, 2.05) is 6.07 Å². The molecule has 0 N–H and O–H groups in total. The Kier molecular flexibility index (Phi) is 3.85. The largest absolute Gasteiger partial charge is 0.462 e. The summed E-state index contributed by atoms with van der Waals surface area (Å²) in [5, 5.41) is 0. The monoisotopic (exact) mass is 238 g/mol. The first-order chi connectivity index (χ1) is 7.77. The Morgan fingerprint density at radius 1 is 1.50 bits per heavy atom. The Bertz CT molecular complexity index is 372. The van der Waals surface area contributed by atoms with Crippen molar-refractivity contribution in [2.45, 2.75) is 11.3 Å². The van der Waals surface area contributed by atoms with Crippen molar-refractivity contribution < 1.29 is 14.3 Å². The topological polar surface area (TPSA) is 35.5 Å². The third kappa shape index (κ3) is 2.77. The molecule has 1 unspecified atom stereocenters. The molecule has 1 fully saturated rings. The van der Waals surface area contributed by atoms with Crippen LogP contribution in [-0.4, -0.2) is 25.8 Å². The molecular weight excluding hydrogens is 224 g/mol. The molecule has 1 aliphatic rings. The second kappa shape index (κ2) is 5.37. The maximum atomic E-state index is 11.7. The van der Waals surface area contributed by atoms with Crippen molar-refractivity contribution in [3.63, 3.8) is 0 Å². The quantitative estimate of drug-likeness (QED) is 0.647. The van der Waals surface area contributed by atoms with E-state index in [0.29, 0.717) is 29.6 Å². The summed E-state index contributed by atoms with van der Waals surface area (Å²) in [4.78, 5) is 12.4. The van der Waals surface area contributed by atoms with E-state index in [1.165, 1.54) is 0 Å². The molecule has 16 heavy (non-hydrogen) atoms. The number of hydrogen-bond donors (Lipinski definition) is 1. The summed E-state index contributed by atoms with van der Waals surface area (Å²) in [6.07, 6.45) is 0.968. The van der Waals surface area contributed by atoms with Gasteiger partial charge in [0.05, 0.1) is 18.8 Å². The van der Waals surface area contributed by atoms with Crippen molar-refractivity contribution in [3.8, 4) is 0 Å². The van der Waals surface area contributed by atoms with Crippen LogP contribution in [-0.2, 0) is 9.47 Å². The summed E-state index contributed by atoms with van der Waals surface area (Å²) in [5.41, 5.74) is 0.518. The minimum atomic E-state index is -0.308. The first-order valence-corrected chi connectivity index (χ1v) is 5.75. The average molecular weight is 238 g/mol. The highest BCUT2D eigenvalue weighted by Crippen LogP contribution is 2.16. The number of hydrogen-bond acceptors (Lipinski definition) is 4. The summed E-state index contributed by atoms with van der Waals surface area (Å²) in [6.45, 7) is 1.89. The molecule has 1 aromatic rings. The molecule has 0 aromatic heterocycles. The lowest BCUT2D eigenvalue weighted by Crippen LogP contribution is -2.14. The van der Waals surface area contributed by atoms with Crippen LogP contribution in [0, 0.1) is 5.92 Å².